The summed E-state index contributed by atoms with van der Waals surface area (Å²) in [6.45, 7) is 10.2. The highest BCUT2D eigenvalue weighted by Crippen LogP contribution is 2.17. The van der Waals surface area contributed by atoms with E-state index in [1.54, 1.807) is 7.11 Å². The summed E-state index contributed by atoms with van der Waals surface area (Å²) in [5.41, 5.74) is 1.26. The lowest BCUT2D eigenvalue weighted by Crippen LogP contribution is -2.42. The van der Waals surface area contributed by atoms with E-state index in [2.05, 4.69) is 45.1 Å². The highest BCUT2D eigenvalue weighted by molar-refractivity contribution is 5.28. The third kappa shape index (κ3) is 6.92. The number of hydrogen-bond donors (Lipinski definition) is 1. The number of nitrogens with one attached hydrogen (secondary N) is 1. The molecule has 0 heterocycles. The van der Waals surface area contributed by atoms with Crippen molar-refractivity contribution in [2.24, 2.45) is 0 Å². The molecular weight excluding hydrogens is 250 g/mol. The number of ether oxygens (including phenoxy) is 2. The summed E-state index contributed by atoms with van der Waals surface area (Å²) in [6.07, 6.45) is 2.38. The predicted octanol–water partition coefficient (Wildman–Crippen LogP) is 3.77. The quantitative estimate of drug-likeness (QED) is 0.786. The zero-order valence-corrected chi connectivity index (χ0v) is 13.5. The molecule has 0 saturated heterocycles. The van der Waals surface area contributed by atoms with Crippen LogP contribution < -0.4 is 10.1 Å². The third-order valence-electron chi connectivity index (χ3n) is 2.98. The van der Waals surface area contributed by atoms with Gasteiger partial charge < -0.3 is 14.8 Å². The fourth-order valence-corrected chi connectivity index (χ4v) is 2.01. The van der Waals surface area contributed by atoms with E-state index in [0.29, 0.717) is 6.61 Å². The Labute approximate surface area is 123 Å². The number of hydrogen-bond acceptors (Lipinski definition) is 3. The summed E-state index contributed by atoms with van der Waals surface area (Å²) in [6, 6.07) is 8.14. The van der Waals surface area contributed by atoms with Crippen molar-refractivity contribution in [3.63, 3.8) is 0 Å². The van der Waals surface area contributed by atoms with E-state index in [4.69, 9.17) is 9.47 Å². The summed E-state index contributed by atoms with van der Waals surface area (Å²) >= 11 is 0. The van der Waals surface area contributed by atoms with Gasteiger partial charge in [0.2, 0.25) is 0 Å². The van der Waals surface area contributed by atoms with Gasteiger partial charge in [0.05, 0.1) is 6.61 Å². The second-order valence-electron chi connectivity index (χ2n) is 6.24. The third-order valence-corrected chi connectivity index (χ3v) is 2.98. The average Bonchev–Trinajstić information content (AvgIpc) is 2.36. The number of benzene rings is 1. The monoisotopic (exact) mass is 279 g/mol. The zero-order valence-electron chi connectivity index (χ0n) is 13.5. The Kier molecular flexibility index (Phi) is 7.03. The first-order chi connectivity index (χ1) is 9.44. The Morgan fingerprint density at radius 1 is 1.25 bits per heavy atom. The second kappa shape index (κ2) is 8.28. The highest BCUT2D eigenvalue weighted by atomic mass is 16.5. The van der Waals surface area contributed by atoms with Gasteiger partial charge in [-0.25, -0.2) is 0 Å². The molecule has 0 aliphatic rings. The van der Waals surface area contributed by atoms with E-state index in [0.717, 1.165) is 30.7 Å². The molecule has 0 bridgehead atoms. The van der Waals surface area contributed by atoms with E-state index in [9.17, 15) is 0 Å². The zero-order chi connectivity index (χ0) is 15.0. The molecule has 0 amide bonds. The van der Waals surface area contributed by atoms with Gasteiger partial charge in [-0.3, -0.25) is 0 Å². The van der Waals surface area contributed by atoms with Crippen LogP contribution in [0.4, 0.5) is 0 Å². The molecule has 114 valence electrons. The van der Waals surface area contributed by atoms with E-state index in [1.165, 1.54) is 0 Å². The molecule has 1 aromatic carbocycles. The topological polar surface area (TPSA) is 30.5 Å². The molecule has 0 fully saturated rings. The Morgan fingerprint density at radius 2 is 2.00 bits per heavy atom. The maximum atomic E-state index is 6.12. The van der Waals surface area contributed by atoms with Crippen LogP contribution in [0.25, 0.3) is 0 Å². The van der Waals surface area contributed by atoms with Crippen LogP contribution in [0, 0.1) is 0 Å². The standard InChI is InChI=1S/C17H29NO2/c1-6-8-16(12-18-17(2,3)4)20-15-10-7-9-14(11-15)13-19-5/h7,9-11,16,18H,6,8,12-13H2,1-5H3. The molecule has 0 spiro atoms. The first kappa shape index (κ1) is 17.0. The first-order valence-electron chi connectivity index (χ1n) is 7.44. The largest absolute Gasteiger partial charge is 0.489 e. The summed E-state index contributed by atoms with van der Waals surface area (Å²) in [5, 5.41) is 3.52. The molecule has 0 saturated carbocycles. The van der Waals surface area contributed by atoms with Crippen LogP contribution in [0.15, 0.2) is 24.3 Å². The molecule has 3 nitrogen and oxygen atoms in total. The molecule has 0 aliphatic carbocycles. The van der Waals surface area contributed by atoms with Gasteiger partial charge in [-0.05, 0) is 44.9 Å². The molecular formula is C17H29NO2. The Balaban J connectivity index is 2.62. The number of rotatable bonds is 8. The summed E-state index contributed by atoms with van der Waals surface area (Å²) in [7, 11) is 1.71. The fraction of sp³-hybridized carbons (Fsp3) is 0.647. The van der Waals surface area contributed by atoms with Gasteiger partial charge in [0, 0.05) is 19.2 Å². The van der Waals surface area contributed by atoms with Crippen molar-refractivity contribution in [2.45, 2.75) is 58.8 Å². The maximum absolute atomic E-state index is 6.12. The SMILES string of the molecule is CCCC(CNC(C)(C)C)Oc1cccc(COC)c1. The van der Waals surface area contributed by atoms with Crippen molar-refractivity contribution >= 4 is 0 Å². The predicted molar refractivity (Wildman–Crippen MR) is 84.2 cm³/mol. The Bertz CT molecular complexity index is 385. The lowest BCUT2D eigenvalue weighted by atomic mass is 10.1. The minimum atomic E-state index is 0.118. The Morgan fingerprint density at radius 3 is 2.60 bits per heavy atom. The van der Waals surface area contributed by atoms with Crippen LogP contribution in [0.1, 0.15) is 46.1 Å². The van der Waals surface area contributed by atoms with E-state index in [1.807, 2.05) is 12.1 Å². The van der Waals surface area contributed by atoms with Crippen molar-refractivity contribution in [2.75, 3.05) is 13.7 Å². The van der Waals surface area contributed by atoms with Gasteiger partial charge in [-0.15, -0.1) is 0 Å². The van der Waals surface area contributed by atoms with Gasteiger partial charge in [0.1, 0.15) is 11.9 Å². The normalized spacial score (nSPS) is 13.2. The van der Waals surface area contributed by atoms with Crippen LogP contribution in [0.5, 0.6) is 5.75 Å². The van der Waals surface area contributed by atoms with Crippen molar-refractivity contribution in [3.8, 4) is 5.75 Å². The van der Waals surface area contributed by atoms with Crippen molar-refractivity contribution in [1.82, 2.24) is 5.32 Å². The minimum Gasteiger partial charge on any atom is -0.489 e. The molecule has 1 N–H and O–H groups in total. The van der Waals surface area contributed by atoms with Crippen LogP contribution in [0.2, 0.25) is 0 Å². The number of methoxy groups -OCH3 is 1. The fourth-order valence-electron chi connectivity index (χ4n) is 2.01. The van der Waals surface area contributed by atoms with E-state index < -0.39 is 0 Å². The molecule has 20 heavy (non-hydrogen) atoms. The molecule has 1 atom stereocenters. The molecule has 1 unspecified atom stereocenters. The minimum absolute atomic E-state index is 0.118. The molecule has 3 heteroatoms. The lowest BCUT2D eigenvalue weighted by Gasteiger charge is -2.26. The maximum Gasteiger partial charge on any atom is 0.120 e. The van der Waals surface area contributed by atoms with Crippen LogP contribution >= 0.6 is 0 Å². The highest BCUT2D eigenvalue weighted by Gasteiger charge is 2.15. The summed E-state index contributed by atoms with van der Waals surface area (Å²) in [4.78, 5) is 0. The smallest absolute Gasteiger partial charge is 0.120 e. The van der Waals surface area contributed by atoms with Gasteiger partial charge in [0.15, 0.2) is 0 Å². The van der Waals surface area contributed by atoms with Crippen LogP contribution in [0.3, 0.4) is 0 Å². The van der Waals surface area contributed by atoms with Crippen molar-refractivity contribution in [1.29, 1.82) is 0 Å². The van der Waals surface area contributed by atoms with Gasteiger partial charge in [-0.1, -0.05) is 25.5 Å². The second-order valence-corrected chi connectivity index (χ2v) is 6.24. The molecule has 0 radical (unpaired) electrons. The van der Waals surface area contributed by atoms with Crippen molar-refractivity contribution < 1.29 is 9.47 Å². The van der Waals surface area contributed by atoms with Gasteiger partial charge >= 0.3 is 0 Å². The van der Waals surface area contributed by atoms with Gasteiger partial charge in [0.25, 0.3) is 0 Å². The summed E-state index contributed by atoms with van der Waals surface area (Å²) in [5.74, 6) is 0.925. The molecule has 1 rings (SSSR count). The molecule has 0 aliphatic heterocycles. The summed E-state index contributed by atoms with van der Waals surface area (Å²) < 4.78 is 11.3. The average molecular weight is 279 g/mol. The first-order valence-corrected chi connectivity index (χ1v) is 7.44. The van der Waals surface area contributed by atoms with E-state index >= 15 is 0 Å². The Hall–Kier alpha value is -1.06. The van der Waals surface area contributed by atoms with Gasteiger partial charge in [-0.2, -0.15) is 0 Å². The van der Waals surface area contributed by atoms with Crippen LogP contribution in [-0.4, -0.2) is 25.3 Å². The molecule has 1 aromatic rings. The van der Waals surface area contributed by atoms with E-state index in [-0.39, 0.29) is 11.6 Å². The van der Waals surface area contributed by atoms with Crippen LogP contribution in [-0.2, 0) is 11.3 Å². The molecule has 0 aromatic heterocycles. The van der Waals surface area contributed by atoms with Crippen molar-refractivity contribution in [3.05, 3.63) is 29.8 Å². The lowest BCUT2D eigenvalue weighted by molar-refractivity contribution is 0.171.